The number of nitrogens with one attached hydrogen (secondary N) is 1. The average molecular weight is 179 g/mol. The predicted octanol–water partition coefficient (Wildman–Crippen LogP) is 1.32. The summed E-state index contributed by atoms with van der Waals surface area (Å²) < 4.78 is 0. The van der Waals surface area contributed by atoms with Crippen LogP contribution in [0.5, 0.6) is 0 Å². The van der Waals surface area contributed by atoms with E-state index in [9.17, 15) is 4.79 Å². The number of anilines is 1. The first-order chi connectivity index (χ1) is 6.38. The maximum absolute atomic E-state index is 11.6. The van der Waals surface area contributed by atoms with E-state index < -0.39 is 0 Å². The third-order valence-corrected chi connectivity index (χ3v) is 2.34. The summed E-state index contributed by atoms with van der Waals surface area (Å²) in [5.41, 5.74) is 0. The van der Waals surface area contributed by atoms with Crippen LogP contribution in [-0.4, -0.2) is 22.6 Å². The fourth-order valence-electron chi connectivity index (χ4n) is 1.63. The van der Waals surface area contributed by atoms with Gasteiger partial charge in [0, 0.05) is 25.2 Å². The lowest BCUT2D eigenvalue weighted by Gasteiger charge is -2.16. The van der Waals surface area contributed by atoms with Crippen LogP contribution in [0.25, 0.3) is 0 Å². The van der Waals surface area contributed by atoms with E-state index in [2.05, 4.69) is 10.2 Å². The summed E-state index contributed by atoms with van der Waals surface area (Å²) in [5, 5.41) is 6.74. The van der Waals surface area contributed by atoms with Gasteiger partial charge in [0.15, 0.2) is 5.82 Å². The highest BCUT2D eigenvalue weighted by Gasteiger charge is 2.18. The van der Waals surface area contributed by atoms with Crippen molar-refractivity contribution in [1.82, 2.24) is 10.2 Å². The number of aromatic amines is 1. The van der Waals surface area contributed by atoms with E-state index in [0.29, 0.717) is 6.42 Å². The molecule has 1 fully saturated rings. The first-order valence-corrected chi connectivity index (χ1v) is 4.68. The molecule has 1 aromatic rings. The van der Waals surface area contributed by atoms with E-state index in [4.69, 9.17) is 0 Å². The molecule has 0 spiro atoms. The molecule has 4 nitrogen and oxygen atoms in total. The average Bonchev–Trinajstić information content (AvgIpc) is 2.56. The Morgan fingerprint density at radius 2 is 2.31 bits per heavy atom. The van der Waals surface area contributed by atoms with Gasteiger partial charge >= 0.3 is 0 Å². The van der Waals surface area contributed by atoms with Gasteiger partial charge in [0.2, 0.25) is 5.91 Å². The van der Waals surface area contributed by atoms with Gasteiger partial charge in [-0.15, -0.1) is 0 Å². The molecule has 1 N–H and O–H groups in total. The van der Waals surface area contributed by atoms with Gasteiger partial charge in [-0.1, -0.05) is 6.42 Å². The van der Waals surface area contributed by atoms with Crippen molar-refractivity contribution in [2.24, 2.45) is 0 Å². The molecule has 0 unspecified atom stereocenters. The zero-order chi connectivity index (χ0) is 9.10. The summed E-state index contributed by atoms with van der Waals surface area (Å²) in [6, 6.07) is 1.84. The maximum atomic E-state index is 11.6. The number of carbonyl (C=O) groups excluding carboxylic acids is 1. The minimum atomic E-state index is 0.199. The molecule has 1 saturated heterocycles. The number of H-pyrrole nitrogens is 1. The van der Waals surface area contributed by atoms with Crippen LogP contribution in [0, 0.1) is 0 Å². The van der Waals surface area contributed by atoms with Crippen LogP contribution in [0.1, 0.15) is 25.7 Å². The fraction of sp³-hybridized carbons (Fsp3) is 0.556. The first kappa shape index (κ1) is 8.29. The second kappa shape index (κ2) is 3.60. The van der Waals surface area contributed by atoms with Crippen molar-refractivity contribution in [2.45, 2.75) is 25.7 Å². The van der Waals surface area contributed by atoms with Gasteiger partial charge in [0.25, 0.3) is 0 Å². The summed E-state index contributed by atoms with van der Waals surface area (Å²) in [5.74, 6) is 0.955. The van der Waals surface area contributed by atoms with Crippen molar-refractivity contribution in [3.8, 4) is 0 Å². The number of hydrogen-bond donors (Lipinski definition) is 1. The minimum Gasteiger partial charge on any atom is -0.295 e. The van der Waals surface area contributed by atoms with Crippen molar-refractivity contribution in [2.75, 3.05) is 11.4 Å². The molecule has 0 bridgehead atoms. The number of carbonyl (C=O) groups is 1. The van der Waals surface area contributed by atoms with E-state index in [0.717, 1.165) is 31.6 Å². The van der Waals surface area contributed by atoms with Crippen molar-refractivity contribution in [1.29, 1.82) is 0 Å². The first-order valence-electron chi connectivity index (χ1n) is 4.68. The van der Waals surface area contributed by atoms with Crippen LogP contribution in [0.2, 0.25) is 0 Å². The zero-order valence-electron chi connectivity index (χ0n) is 7.49. The lowest BCUT2D eigenvalue weighted by Crippen LogP contribution is -2.30. The Labute approximate surface area is 76.9 Å². The van der Waals surface area contributed by atoms with Crippen LogP contribution in [-0.2, 0) is 4.79 Å². The lowest BCUT2D eigenvalue weighted by atomic mass is 10.2. The third kappa shape index (κ3) is 1.71. The van der Waals surface area contributed by atoms with E-state index in [-0.39, 0.29) is 5.91 Å². The SMILES string of the molecule is O=C1CCCCCN1c1cc[nH]n1. The number of amides is 1. The number of nitrogens with zero attached hydrogens (tertiary/aromatic N) is 2. The number of rotatable bonds is 1. The van der Waals surface area contributed by atoms with E-state index in [1.54, 1.807) is 11.1 Å². The van der Waals surface area contributed by atoms with Crippen LogP contribution < -0.4 is 4.90 Å². The molecule has 1 aliphatic heterocycles. The van der Waals surface area contributed by atoms with Crippen LogP contribution in [0.3, 0.4) is 0 Å². The Bertz CT molecular complexity index is 281. The standard InChI is InChI=1S/C9H13N3O/c13-9-4-2-1-3-7-12(9)8-5-6-10-11-8/h5-6H,1-4,7H2,(H,10,11). The monoisotopic (exact) mass is 179 g/mol. The molecular weight excluding hydrogens is 166 g/mol. The highest BCUT2D eigenvalue weighted by atomic mass is 16.2. The van der Waals surface area contributed by atoms with Crippen molar-refractivity contribution in [3.05, 3.63) is 12.3 Å². The molecule has 4 heteroatoms. The van der Waals surface area contributed by atoms with Crippen LogP contribution >= 0.6 is 0 Å². The van der Waals surface area contributed by atoms with Gasteiger partial charge in [-0.25, -0.2) is 0 Å². The Morgan fingerprint density at radius 1 is 1.38 bits per heavy atom. The van der Waals surface area contributed by atoms with Gasteiger partial charge in [0.05, 0.1) is 0 Å². The molecular formula is C9H13N3O. The summed E-state index contributed by atoms with van der Waals surface area (Å²) in [4.78, 5) is 13.4. The molecule has 0 atom stereocenters. The van der Waals surface area contributed by atoms with Gasteiger partial charge in [-0.05, 0) is 12.8 Å². The van der Waals surface area contributed by atoms with Crippen molar-refractivity contribution < 1.29 is 4.79 Å². The van der Waals surface area contributed by atoms with Gasteiger partial charge in [-0.3, -0.25) is 14.8 Å². The predicted molar refractivity (Wildman–Crippen MR) is 49.4 cm³/mol. The van der Waals surface area contributed by atoms with E-state index in [1.165, 1.54) is 0 Å². The van der Waals surface area contributed by atoms with Gasteiger partial charge in [-0.2, -0.15) is 5.10 Å². The quantitative estimate of drug-likeness (QED) is 0.706. The largest absolute Gasteiger partial charge is 0.295 e. The summed E-state index contributed by atoms with van der Waals surface area (Å²) in [6.45, 7) is 0.809. The summed E-state index contributed by atoms with van der Waals surface area (Å²) in [6.07, 6.45) is 5.64. The Kier molecular flexibility index (Phi) is 2.29. The van der Waals surface area contributed by atoms with Crippen LogP contribution in [0.15, 0.2) is 12.3 Å². The van der Waals surface area contributed by atoms with Crippen molar-refractivity contribution in [3.63, 3.8) is 0 Å². The maximum Gasteiger partial charge on any atom is 0.228 e. The minimum absolute atomic E-state index is 0.199. The molecule has 1 aromatic heterocycles. The summed E-state index contributed by atoms with van der Waals surface area (Å²) >= 11 is 0. The molecule has 13 heavy (non-hydrogen) atoms. The zero-order valence-corrected chi connectivity index (χ0v) is 7.49. The Balaban J connectivity index is 2.16. The Morgan fingerprint density at radius 3 is 3.08 bits per heavy atom. The number of aromatic nitrogens is 2. The molecule has 2 rings (SSSR count). The molecule has 70 valence electrons. The highest BCUT2D eigenvalue weighted by Crippen LogP contribution is 2.17. The molecule has 2 heterocycles. The normalized spacial score (nSPS) is 18.8. The number of hydrogen-bond acceptors (Lipinski definition) is 2. The third-order valence-electron chi connectivity index (χ3n) is 2.34. The van der Waals surface area contributed by atoms with Gasteiger partial charge in [0.1, 0.15) is 0 Å². The second-order valence-electron chi connectivity index (χ2n) is 3.29. The molecule has 0 saturated carbocycles. The second-order valence-corrected chi connectivity index (χ2v) is 3.29. The lowest BCUT2D eigenvalue weighted by molar-refractivity contribution is -0.118. The summed E-state index contributed by atoms with van der Waals surface area (Å²) in [7, 11) is 0. The van der Waals surface area contributed by atoms with Crippen LogP contribution in [0.4, 0.5) is 5.82 Å². The fourth-order valence-corrected chi connectivity index (χ4v) is 1.63. The molecule has 1 aliphatic rings. The van der Waals surface area contributed by atoms with Gasteiger partial charge < -0.3 is 0 Å². The molecule has 0 aromatic carbocycles. The topological polar surface area (TPSA) is 49.0 Å². The smallest absolute Gasteiger partial charge is 0.228 e. The Hall–Kier alpha value is -1.32. The molecule has 0 radical (unpaired) electrons. The van der Waals surface area contributed by atoms with E-state index in [1.807, 2.05) is 6.07 Å². The van der Waals surface area contributed by atoms with Crippen molar-refractivity contribution >= 4 is 11.7 Å². The highest BCUT2D eigenvalue weighted by molar-refractivity contribution is 5.92. The molecule has 1 amide bonds. The molecule has 0 aliphatic carbocycles. The van der Waals surface area contributed by atoms with E-state index >= 15 is 0 Å².